The third kappa shape index (κ3) is 3.21. The summed E-state index contributed by atoms with van der Waals surface area (Å²) in [5.41, 5.74) is 1.98. The molecule has 2 rings (SSSR count). The van der Waals surface area contributed by atoms with Gasteiger partial charge in [-0.25, -0.2) is 9.59 Å². The van der Waals surface area contributed by atoms with Gasteiger partial charge in [0, 0.05) is 11.4 Å². The van der Waals surface area contributed by atoms with Crippen molar-refractivity contribution in [2.75, 3.05) is 6.61 Å². The molecule has 0 radical (unpaired) electrons. The highest BCUT2D eigenvalue weighted by Crippen LogP contribution is 2.39. The number of hydrogen-bond donors (Lipinski definition) is 3. The van der Waals surface area contributed by atoms with E-state index in [1.165, 1.54) is 12.1 Å². The standard InChI is InChI=1S/C17H19NO5/c1-4-23-17(22)14-10(3)18-9(2)13(16(20)21)15(14)11-5-7-12(19)8-6-11/h5-8,15,18-19H,4H2,1-3H3,(H,20,21). The fourth-order valence-electron chi connectivity index (χ4n) is 2.76. The Morgan fingerprint density at radius 2 is 1.70 bits per heavy atom. The summed E-state index contributed by atoms with van der Waals surface area (Å²) in [4.78, 5) is 24.1. The number of phenols is 1. The molecule has 23 heavy (non-hydrogen) atoms. The first-order valence-electron chi connectivity index (χ1n) is 7.24. The van der Waals surface area contributed by atoms with Crippen molar-refractivity contribution in [1.29, 1.82) is 0 Å². The number of hydrogen-bond acceptors (Lipinski definition) is 5. The molecule has 1 unspecified atom stereocenters. The number of aromatic hydroxyl groups is 1. The zero-order chi connectivity index (χ0) is 17.1. The molecule has 0 fully saturated rings. The number of allylic oxidation sites excluding steroid dienone is 2. The van der Waals surface area contributed by atoms with Gasteiger partial charge in [-0.15, -0.1) is 0 Å². The summed E-state index contributed by atoms with van der Waals surface area (Å²) in [6, 6.07) is 6.14. The molecular formula is C17H19NO5. The maximum atomic E-state index is 12.3. The van der Waals surface area contributed by atoms with Crippen molar-refractivity contribution >= 4 is 11.9 Å². The van der Waals surface area contributed by atoms with Gasteiger partial charge in [-0.05, 0) is 38.5 Å². The predicted octanol–water partition coefficient (Wildman–Crippen LogP) is 2.27. The normalized spacial score (nSPS) is 17.8. The predicted molar refractivity (Wildman–Crippen MR) is 83.7 cm³/mol. The monoisotopic (exact) mass is 317 g/mol. The van der Waals surface area contributed by atoms with Crippen molar-refractivity contribution < 1.29 is 24.5 Å². The van der Waals surface area contributed by atoms with Crippen LogP contribution in [0, 0.1) is 0 Å². The molecule has 3 N–H and O–H groups in total. The van der Waals surface area contributed by atoms with Crippen LogP contribution >= 0.6 is 0 Å². The number of nitrogens with one attached hydrogen (secondary N) is 1. The highest BCUT2D eigenvalue weighted by molar-refractivity contribution is 5.99. The molecule has 6 nitrogen and oxygen atoms in total. The summed E-state index contributed by atoms with van der Waals surface area (Å²) < 4.78 is 5.09. The Morgan fingerprint density at radius 1 is 1.13 bits per heavy atom. The average molecular weight is 317 g/mol. The molecule has 1 aliphatic heterocycles. The molecule has 0 amide bonds. The number of benzene rings is 1. The Hall–Kier alpha value is -2.76. The molecule has 122 valence electrons. The topological polar surface area (TPSA) is 95.9 Å². The Balaban J connectivity index is 2.63. The van der Waals surface area contributed by atoms with Gasteiger partial charge < -0.3 is 20.3 Å². The van der Waals surface area contributed by atoms with Gasteiger partial charge in [0.05, 0.1) is 23.7 Å². The fourth-order valence-corrected chi connectivity index (χ4v) is 2.76. The van der Waals surface area contributed by atoms with Crippen LogP contribution in [0.5, 0.6) is 5.75 Å². The number of rotatable bonds is 4. The Kier molecular flexibility index (Phi) is 4.74. The van der Waals surface area contributed by atoms with Crippen LogP contribution in [-0.2, 0) is 14.3 Å². The number of carbonyl (C=O) groups excluding carboxylic acids is 1. The van der Waals surface area contributed by atoms with Crippen LogP contribution in [0.4, 0.5) is 0 Å². The van der Waals surface area contributed by atoms with Crippen LogP contribution in [0.25, 0.3) is 0 Å². The van der Waals surface area contributed by atoms with Crippen molar-refractivity contribution in [2.45, 2.75) is 26.7 Å². The summed E-state index contributed by atoms with van der Waals surface area (Å²) in [6.07, 6.45) is 0. The van der Waals surface area contributed by atoms with Crippen molar-refractivity contribution in [3.63, 3.8) is 0 Å². The van der Waals surface area contributed by atoms with Crippen LogP contribution in [0.1, 0.15) is 32.3 Å². The highest BCUT2D eigenvalue weighted by Gasteiger charge is 2.37. The van der Waals surface area contributed by atoms with Gasteiger partial charge >= 0.3 is 11.9 Å². The number of carbonyl (C=O) groups is 2. The third-order valence-electron chi connectivity index (χ3n) is 3.71. The summed E-state index contributed by atoms with van der Waals surface area (Å²) >= 11 is 0. The number of aliphatic carboxylic acids is 1. The lowest BCUT2D eigenvalue weighted by Crippen LogP contribution is -2.31. The van der Waals surface area contributed by atoms with Crippen molar-refractivity contribution in [3.05, 3.63) is 52.4 Å². The minimum atomic E-state index is -1.11. The zero-order valence-corrected chi connectivity index (χ0v) is 13.2. The molecule has 6 heteroatoms. The van der Waals surface area contributed by atoms with E-state index in [0.29, 0.717) is 17.0 Å². The Morgan fingerprint density at radius 3 is 2.22 bits per heavy atom. The van der Waals surface area contributed by atoms with E-state index < -0.39 is 17.9 Å². The molecule has 0 aromatic heterocycles. The lowest BCUT2D eigenvalue weighted by atomic mass is 9.80. The molecule has 0 aliphatic carbocycles. The second kappa shape index (κ2) is 6.56. The Labute approximate surface area is 134 Å². The molecule has 1 aliphatic rings. The lowest BCUT2D eigenvalue weighted by molar-refractivity contribution is -0.138. The van der Waals surface area contributed by atoms with E-state index in [0.717, 1.165) is 0 Å². The summed E-state index contributed by atoms with van der Waals surface area (Å²) in [5, 5.41) is 22.0. The molecule has 0 spiro atoms. The van der Waals surface area contributed by atoms with E-state index in [2.05, 4.69) is 5.32 Å². The van der Waals surface area contributed by atoms with Crippen LogP contribution in [0.2, 0.25) is 0 Å². The Bertz CT molecular complexity index is 700. The maximum Gasteiger partial charge on any atom is 0.336 e. The summed E-state index contributed by atoms with van der Waals surface area (Å²) in [7, 11) is 0. The molecule has 1 aromatic rings. The van der Waals surface area contributed by atoms with Gasteiger partial charge in [0.15, 0.2) is 0 Å². The number of phenolic OH excluding ortho intramolecular Hbond substituents is 1. The fraction of sp³-hybridized carbons (Fsp3) is 0.294. The SMILES string of the molecule is CCOC(=O)C1=C(C)NC(C)=C(C(=O)O)C1c1ccc(O)cc1. The van der Waals surface area contributed by atoms with Crippen LogP contribution < -0.4 is 5.32 Å². The number of dihydropyridines is 1. The van der Waals surface area contributed by atoms with Gasteiger partial charge in [0.2, 0.25) is 0 Å². The van der Waals surface area contributed by atoms with Gasteiger partial charge in [-0.2, -0.15) is 0 Å². The smallest absolute Gasteiger partial charge is 0.336 e. The number of ether oxygens (including phenoxy) is 1. The van der Waals surface area contributed by atoms with Crippen molar-refractivity contribution in [3.8, 4) is 5.75 Å². The van der Waals surface area contributed by atoms with Crippen molar-refractivity contribution in [2.24, 2.45) is 0 Å². The number of carboxylic acids is 1. The van der Waals surface area contributed by atoms with E-state index in [-0.39, 0.29) is 23.5 Å². The first kappa shape index (κ1) is 16.6. The molecule has 0 saturated carbocycles. The van der Waals surface area contributed by atoms with Crippen LogP contribution in [-0.4, -0.2) is 28.8 Å². The first-order chi connectivity index (χ1) is 10.9. The van der Waals surface area contributed by atoms with E-state index in [1.54, 1.807) is 32.9 Å². The maximum absolute atomic E-state index is 12.3. The first-order valence-corrected chi connectivity index (χ1v) is 7.24. The van der Waals surface area contributed by atoms with E-state index >= 15 is 0 Å². The largest absolute Gasteiger partial charge is 0.508 e. The highest BCUT2D eigenvalue weighted by atomic mass is 16.5. The number of carboxylic acid groups (broad SMARTS) is 1. The second-order valence-corrected chi connectivity index (χ2v) is 5.25. The zero-order valence-electron chi connectivity index (χ0n) is 13.2. The van der Waals surface area contributed by atoms with E-state index in [1.807, 2.05) is 0 Å². The summed E-state index contributed by atoms with van der Waals surface area (Å²) in [6.45, 7) is 5.26. The minimum Gasteiger partial charge on any atom is -0.508 e. The van der Waals surface area contributed by atoms with Crippen LogP contribution in [0.15, 0.2) is 46.8 Å². The van der Waals surface area contributed by atoms with Gasteiger partial charge in [-0.1, -0.05) is 12.1 Å². The average Bonchev–Trinajstić information content (AvgIpc) is 2.46. The van der Waals surface area contributed by atoms with E-state index in [9.17, 15) is 19.8 Å². The van der Waals surface area contributed by atoms with Gasteiger partial charge in [0.25, 0.3) is 0 Å². The molecule has 0 bridgehead atoms. The minimum absolute atomic E-state index is 0.0682. The molecule has 0 saturated heterocycles. The van der Waals surface area contributed by atoms with Crippen molar-refractivity contribution in [1.82, 2.24) is 5.32 Å². The quantitative estimate of drug-likeness (QED) is 0.737. The molecular weight excluding hydrogens is 298 g/mol. The van der Waals surface area contributed by atoms with Gasteiger partial charge in [-0.3, -0.25) is 0 Å². The molecule has 1 atom stereocenters. The summed E-state index contributed by atoms with van der Waals surface area (Å²) in [5.74, 6) is -2.35. The van der Waals surface area contributed by atoms with Gasteiger partial charge in [0.1, 0.15) is 5.75 Å². The third-order valence-corrected chi connectivity index (χ3v) is 3.71. The number of esters is 1. The molecule has 1 heterocycles. The lowest BCUT2D eigenvalue weighted by Gasteiger charge is -2.29. The van der Waals surface area contributed by atoms with Crippen LogP contribution in [0.3, 0.4) is 0 Å². The second-order valence-electron chi connectivity index (χ2n) is 5.25. The molecule has 1 aromatic carbocycles. The van der Waals surface area contributed by atoms with E-state index in [4.69, 9.17) is 4.74 Å².